The summed E-state index contributed by atoms with van der Waals surface area (Å²) in [6.45, 7) is 1.43. The Morgan fingerprint density at radius 3 is 2.46 bits per heavy atom. The number of likely N-dealkylation sites (tertiary alicyclic amines) is 1. The van der Waals surface area contributed by atoms with Gasteiger partial charge >= 0.3 is 0 Å². The highest BCUT2D eigenvalue weighted by atomic mass is 32.2. The van der Waals surface area contributed by atoms with Gasteiger partial charge in [0.2, 0.25) is 5.91 Å². The second kappa shape index (κ2) is 11.8. The lowest BCUT2D eigenvalue weighted by Gasteiger charge is -2.32. The summed E-state index contributed by atoms with van der Waals surface area (Å²) in [6.07, 6.45) is 4.62. The summed E-state index contributed by atoms with van der Waals surface area (Å²) in [5.74, 6) is -2.71. The van der Waals surface area contributed by atoms with Crippen molar-refractivity contribution >= 4 is 35.0 Å². The number of amides is 2. The number of nitrogens with zero attached hydrogens (tertiary/aromatic N) is 2. The van der Waals surface area contributed by atoms with Crippen molar-refractivity contribution < 1.29 is 18.4 Å². The Morgan fingerprint density at radius 1 is 1.03 bits per heavy atom. The zero-order valence-electron chi connectivity index (χ0n) is 19.0. The van der Waals surface area contributed by atoms with Crippen molar-refractivity contribution in [2.24, 2.45) is 5.92 Å². The van der Waals surface area contributed by atoms with E-state index in [1.165, 1.54) is 0 Å². The molecule has 0 saturated carbocycles. The summed E-state index contributed by atoms with van der Waals surface area (Å²) < 4.78 is 25.1. The zero-order chi connectivity index (χ0) is 24.6. The van der Waals surface area contributed by atoms with Crippen molar-refractivity contribution in [2.75, 3.05) is 18.4 Å². The summed E-state index contributed by atoms with van der Waals surface area (Å²) in [5.41, 5.74) is 2.81. The van der Waals surface area contributed by atoms with Gasteiger partial charge in [-0.3, -0.25) is 14.6 Å². The molecule has 182 valence electrons. The molecule has 0 atom stereocenters. The number of halogens is 2. The minimum absolute atomic E-state index is 0.00327. The fourth-order valence-corrected chi connectivity index (χ4v) is 4.50. The highest BCUT2D eigenvalue weighted by Crippen LogP contribution is 2.29. The number of hydrogen-bond donors (Lipinski definition) is 2. The number of nitrogens with one attached hydrogen (secondary N) is 2. The second-order valence-electron chi connectivity index (χ2n) is 8.22. The molecule has 0 aliphatic carbocycles. The predicted molar refractivity (Wildman–Crippen MR) is 133 cm³/mol. The van der Waals surface area contributed by atoms with Crippen molar-refractivity contribution in [3.63, 3.8) is 0 Å². The van der Waals surface area contributed by atoms with Gasteiger partial charge in [0.1, 0.15) is 0 Å². The van der Waals surface area contributed by atoms with Crippen LogP contribution in [-0.4, -0.2) is 40.5 Å². The van der Waals surface area contributed by atoms with E-state index in [1.807, 2.05) is 24.3 Å². The number of hydrogen-bond acceptors (Lipinski definition) is 5. The van der Waals surface area contributed by atoms with Crippen LogP contribution in [0.2, 0.25) is 0 Å². The lowest BCUT2D eigenvalue weighted by Crippen LogP contribution is -2.43. The van der Waals surface area contributed by atoms with Crippen LogP contribution in [0.4, 0.5) is 20.2 Å². The van der Waals surface area contributed by atoms with Gasteiger partial charge in [-0.15, -0.1) is 0 Å². The molecule has 2 amide bonds. The van der Waals surface area contributed by atoms with Crippen LogP contribution in [0.5, 0.6) is 0 Å². The van der Waals surface area contributed by atoms with E-state index in [0.29, 0.717) is 66.1 Å². The van der Waals surface area contributed by atoms with Crippen molar-refractivity contribution in [3.05, 3.63) is 84.2 Å². The first kappa shape index (κ1) is 24.7. The summed E-state index contributed by atoms with van der Waals surface area (Å²) in [7, 11) is 0. The molecule has 0 bridgehead atoms. The summed E-state index contributed by atoms with van der Waals surface area (Å²) in [6, 6.07) is 17.6. The average Bonchev–Trinajstić information content (AvgIpc) is 2.89. The van der Waals surface area contributed by atoms with Gasteiger partial charge in [-0.2, -0.15) is 8.78 Å². The van der Waals surface area contributed by atoms with Crippen LogP contribution < -0.4 is 10.6 Å². The molecule has 0 radical (unpaired) electrons. The Bertz CT molecular complexity index is 1140. The van der Waals surface area contributed by atoms with Gasteiger partial charge in [-0.25, -0.2) is 0 Å². The average molecular weight is 497 g/mol. The monoisotopic (exact) mass is 496 g/mol. The number of piperidine rings is 1. The van der Waals surface area contributed by atoms with Gasteiger partial charge in [0.05, 0.1) is 11.3 Å². The highest BCUT2D eigenvalue weighted by molar-refractivity contribution is 7.99. The normalized spacial score (nSPS) is 14.1. The van der Waals surface area contributed by atoms with Gasteiger partial charge < -0.3 is 15.5 Å². The van der Waals surface area contributed by atoms with Crippen molar-refractivity contribution in [2.45, 2.75) is 30.0 Å². The van der Waals surface area contributed by atoms with Gasteiger partial charge in [0, 0.05) is 48.5 Å². The van der Waals surface area contributed by atoms with E-state index in [0.717, 1.165) is 5.56 Å². The minimum Gasteiger partial charge on any atom is -0.355 e. The van der Waals surface area contributed by atoms with Crippen LogP contribution in [0.3, 0.4) is 0 Å². The van der Waals surface area contributed by atoms with Crippen molar-refractivity contribution in [3.8, 4) is 0 Å². The fraction of sp³-hybridized carbons (Fsp3) is 0.269. The zero-order valence-corrected chi connectivity index (χ0v) is 19.8. The minimum atomic E-state index is -2.47. The SMILES string of the molecule is O=C(NCc1cccnc1)C1CCN(C(=O)c2ccccc2Nc2ccc(SC(F)F)cc2)CC1. The van der Waals surface area contributed by atoms with Crippen LogP contribution in [0.25, 0.3) is 0 Å². The largest absolute Gasteiger partial charge is 0.355 e. The molecule has 1 fully saturated rings. The molecule has 0 unspecified atom stereocenters. The molecule has 2 N–H and O–H groups in total. The molecule has 9 heteroatoms. The van der Waals surface area contributed by atoms with Crippen molar-refractivity contribution in [1.29, 1.82) is 0 Å². The fourth-order valence-electron chi connectivity index (χ4n) is 4.01. The Hall–Kier alpha value is -3.46. The first-order valence-corrected chi connectivity index (χ1v) is 12.2. The topological polar surface area (TPSA) is 74.3 Å². The smallest absolute Gasteiger partial charge is 0.288 e. The number of para-hydroxylation sites is 1. The molecule has 3 aromatic rings. The number of anilines is 2. The van der Waals surface area contributed by atoms with E-state index in [1.54, 1.807) is 53.7 Å². The third-order valence-electron chi connectivity index (χ3n) is 5.86. The maximum atomic E-state index is 13.3. The molecule has 1 aliphatic heterocycles. The molecule has 2 heterocycles. The molecule has 4 rings (SSSR count). The van der Waals surface area contributed by atoms with Gasteiger partial charge in [0.15, 0.2) is 0 Å². The van der Waals surface area contributed by atoms with Crippen LogP contribution in [0, 0.1) is 5.92 Å². The van der Waals surface area contributed by atoms with E-state index in [-0.39, 0.29) is 17.7 Å². The van der Waals surface area contributed by atoms with E-state index < -0.39 is 5.76 Å². The van der Waals surface area contributed by atoms with E-state index in [9.17, 15) is 18.4 Å². The molecule has 35 heavy (non-hydrogen) atoms. The summed E-state index contributed by atoms with van der Waals surface area (Å²) in [5, 5.41) is 6.18. The van der Waals surface area contributed by atoms with Crippen LogP contribution >= 0.6 is 11.8 Å². The molecule has 1 saturated heterocycles. The van der Waals surface area contributed by atoms with Gasteiger partial charge in [0.25, 0.3) is 11.7 Å². The first-order valence-electron chi connectivity index (χ1n) is 11.4. The molecule has 1 aromatic heterocycles. The Kier molecular flexibility index (Phi) is 8.31. The maximum Gasteiger partial charge on any atom is 0.288 e. The number of carbonyl (C=O) groups is 2. The second-order valence-corrected chi connectivity index (χ2v) is 9.28. The molecule has 0 spiro atoms. The molecule has 6 nitrogen and oxygen atoms in total. The summed E-state index contributed by atoms with van der Waals surface area (Å²) >= 11 is 0.491. The van der Waals surface area contributed by atoms with Crippen molar-refractivity contribution in [1.82, 2.24) is 15.2 Å². The van der Waals surface area contributed by atoms with Gasteiger partial charge in [-0.1, -0.05) is 30.0 Å². The molecular weight excluding hydrogens is 470 g/mol. The number of carbonyl (C=O) groups excluding carboxylic acids is 2. The van der Waals surface area contributed by atoms with E-state index in [4.69, 9.17) is 0 Å². The number of thioether (sulfide) groups is 1. The van der Waals surface area contributed by atoms with E-state index >= 15 is 0 Å². The number of rotatable bonds is 8. The third-order valence-corrected chi connectivity index (χ3v) is 6.58. The Balaban J connectivity index is 1.33. The van der Waals surface area contributed by atoms with Crippen LogP contribution in [0.1, 0.15) is 28.8 Å². The highest BCUT2D eigenvalue weighted by Gasteiger charge is 2.28. The number of aromatic nitrogens is 1. The number of benzene rings is 2. The number of alkyl halides is 2. The third kappa shape index (κ3) is 6.79. The maximum absolute atomic E-state index is 13.3. The Labute approximate surface area is 207 Å². The standard InChI is InChI=1S/C26H26F2N4O2S/c27-26(28)35-21-9-7-20(8-10-21)31-23-6-2-1-5-22(23)25(34)32-14-11-19(12-15-32)24(33)30-17-18-4-3-13-29-16-18/h1-10,13,16,19,26,31H,11-12,14-15,17H2,(H,30,33). The quantitative estimate of drug-likeness (QED) is 0.414. The van der Waals surface area contributed by atoms with Gasteiger partial charge in [-0.05, 0) is 60.9 Å². The molecule has 1 aliphatic rings. The molecular formula is C26H26F2N4O2S. The lowest BCUT2D eigenvalue weighted by molar-refractivity contribution is -0.126. The van der Waals surface area contributed by atoms with Crippen LogP contribution in [0.15, 0.2) is 78.0 Å². The predicted octanol–water partition coefficient (Wildman–Crippen LogP) is 5.31. The summed E-state index contributed by atoms with van der Waals surface area (Å²) in [4.78, 5) is 32.1. The Morgan fingerprint density at radius 2 is 1.77 bits per heavy atom. The van der Waals surface area contributed by atoms with E-state index in [2.05, 4.69) is 15.6 Å². The first-order chi connectivity index (χ1) is 17.0. The number of pyridine rings is 1. The molecule has 2 aromatic carbocycles. The van der Waals surface area contributed by atoms with Crippen LogP contribution in [-0.2, 0) is 11.3 Å². The lowest BCUT2D eigenvalue weighted by atomic mass is 9.95.